The van der Waals surface area contributed by atoms with E-state index in [1.165, 1.54) is 12.1 Å². The zero-order chi connectivity index (χ0) is 15.2. The number of nitro groups is 1. The van der Waals surface area contributed by atoms with Crippen molar-refractivity contribution in [3.63, 3.8) is 0 Å². The van der Waals surface area contributed by atoms with Gasteiger partial charge in [-0.1, -0.05) is 12.2 Å². The average molecular weight is 285 g/mol. The standard InChI is InChI=1S/C14H15N5O2/c1-3-7-15-13-14(16-8-4-2)18-12-9-10(19(20)21)5-6-11(12)17-13/h3-6,9H,1-2,7-8H2,(H,15,17)(H,16,18). The number of aromatic nitrogens is 2. The second-order valence-electron chi connectivity index (χ2n) is 4.19. The van der Waals surface area contributed by atoms with Crippen molar-refractivity contribution in [2.75, 3.05) is 23.7 Å². The Bertz CT molecular complexity index is 699. The lowest BCUT2D eigenvalue weighted by Crippen LogP contribution is -2.09. The first kappa shape index (κ1) is 14.4. The fourth-order valence-corrected chi connectivity index (χ4v) is 1.74. The zero-order valence-electron chi connectivity index (χ0n) is 11.4. The van der Waals surface area contributed by atoms with Gasteiger partial charge in [0.05, 0.1) is 16.0 Å². The maximum atomic E-state index is 10.8. The Labute approximate surface area is 121 Å². The number of nitrogens with zero attached hydrogens (tertiary/aromatic N) is 3. The van der Waals surface area contributed by atoms with E-state index in [2.05, 4.69) is 33.8 Å². The van der Waals surface area contributed by atoms with Crippen LogP contribution in [0.4, 0.5) is 17.3 Å². The molecule has 21 heavy (non-hydrogen) atoms. The van der Waals surface area contributed by atoms with E-state index in [0.29, 0.717) is 35.8 Å². The first-order valence-corrected chi connectivity index (χ1v) is 6.31. The fraction of sp³-hybridized carbons (Fsp3) is 0.143. The van der Waals surface area contributed by atoms with E-state index >= 15 is 0 Å². The number of fused-ring (bicyclic) bond motifs is 1. The Morgan fingerprint density at radius 2 is 1.67 bits per heavy atom. The maximum Gasteiger partial charge on any atom is 0.271 e. The van der Waals surface area contributed by atoms with Crippen molar-refractivity contribution in [3.8, 4) is 0 Å². The maximum absolute atomic E-state index is 10.8. The number of hydrogen-bond donors (Lipinski definition) is 2. The van der Waals surface area contributed by atoms with E-state index in [0.717, 1.165) is 0 Å². The highest BCUT2D eigenvalue weighted by Gasteiger charge is 2.11. The van der Waals surface area contributed by atoms with E-state index in [1.807, 2.05) is 0 Å². The van der Waals surface area contributed by atoms with E-state index in [-0.39, 0.29) is 5.69 Å². The Hall–Kier alpha value is -2.96. The molecule has 0 aliphatic heterocycles. The molecule has 0 bridgehead atoms. The lowest BCUT2D eigenvalue weighted by Gasteiger charge is -2.11. The first-order chi connectivity index (χ1) is 10.2. The third-order valence-electron chi connectivity index (χ3n) is 2.69. The van der Waals surface area contributed by atoms with E-state index < -0.39 is 4.92 Å². The van der Waals surface area contributed by atoms with E-state index in [9.17, 15) is 10.1 Å². The summed E-state index contributed by atoms with van der Waals surface area (Å²) >= 11 is 0. The second kappa shape index (κ2) is 6.47. The van der Waals surface area contributed by atoms with Gasteiger partial charge in [0.25, 0.3) is 5.69 Å². The van der Waals surface area contributed by atoms with Crippen LogP contribution in [0.1, 0.15) is 0 Å². The molecule has 0 radical (unpaired) electrons. The van der Waals surface area contributed by atoms with Crippen LogP contribution >= 0.6 is 0 Å². The highest BCUT2D eigenvalue weighted by Crippen LogP contribution is 2.24. The van der Waals surface area contributed by atoms with Gasteiger partial charge < -0.3 is 10.6 Å². The van der Waals surface area contributed by atoms with Crippen molar-refractivity contribution in [2.45, 2.75) is 0 Å². The molecule has 0 fully saturated rings. The molecule has 1 aromatic heterocycles. The Kier molecular flexibility index (Phi) is 4.45. The van der Waals surface area contributed by atoms with Gasteiger partial charge in [0.2, 0.25) is 0 Å². The molecule has 108 valence electrons. The molecule has 7 nitrogen and oxygen atoms in total. The van der Waals surface area contributed by atoms with E-state index in [1.54, 1.807) is 18.2 Å². The number of nitro benzene ring substituents is 1. The quantitative estimate of drug-likeness (QED) is 0.461. The van der Waals surface area contributed by atoms with Crippen molar-refractivity contribution < 1.29 is 4.92 Å². The largest absolute Gasteiger partial charge is 0.364 e. The van der Waals surface area contributed by atoms with Crippen LogP contribution in [-0.4, -0.2) is 28.0 Å². The summed E-state index contributed by atoms with van der Waals surface area (Å²) in [5.74, 6) is 1.09. The molecule has 0 atom stereocenters. The van der Waals surface area contributed by atoms with Crippen LogP contribution in [0.3, 0.4) is 0 Å². The minimum atomic E-state index is -0.457. The summed E-state index contributed by atoms with van der Waals surface area (Å²) < 4.78 is 0. The number of anilines is 2. The van der Waals surface area contributed by atoms with Crippen LogP contribution < -0.4 is 10.6 Å². The number of nitrogens with one attached hydrogen (secondary N) is 2. The summed E-state index contributed by atoms with van der Waals surface area (Å²) in [7, 11) is 0. The molecule has 2 rings (SSSR count). The van der Waals surface area contributed by atoms with Crippen LogP contribution in [0.5, 0.6) is 0 Å². The molecule has 0 aliphatic rings. The third kappa shape index (κ3) is 3.33. The monoisotopic (exact) mass is 285 g/mol. The lowest BCUT2D eigenvalue weighted by molar-refractivity contribution is -0.384. The SMILES string of the molecule is C=CCNc1nc2ccc([N+](=O)[O-])cc2nc1NCC=C. The fourth-order valence-electron chi connectivity index (χ4n) is 1.74. The van der Waals surface area contributed by atoms with Crippen molar-refractivity contribution in [1.29, 1.82) is 0 Å². The molecule has 7 heteroatoms. The number of benzene rings is 1. The lowest BCUT2D eigenvalue weighted by atomic mass is 10.2. The third-order valence-corrected chi connectivity index (χ3v) is 2.69. The molecule has 0 aliphatic carbocycles. The van der Waals surface area contributed by atoms with Crippen LogP contribution in [-0.2, 0) is 0 Å². The number of hydrogen-bond acceptors (Lipinski definition) is 6. The first-order valence-electron chi connectivity index (χ1n) is 6.31. The molecule has 1 heterocycles. The Morgan fingerprint density at radius 1 is 1.10 bits per heavy atom. The summed E-state index contributed by atoms with van der Waals surface area (Å²) in [4.78, 5) is 19.2. The van der Waals surface area contributed by atoms with Crippen LogP contribution in [0, 0.1) is 10.1 Å². The smallest absolute Gasteiger partial charge is 0.271 e. The summed E-state index contributed by atoms with van der Waals surface area (Å²) in [5, 5.41) is 16.9. The molecule has 1 aromatic carbocycles. The van der Waals surface area contributed by atoms with Crippen molar-refractivity contribution in [3.05, 3.63) is 53.6 Å². The number of non-ortho nitro benzene ring substituents is 1. The molecular weight excluding hydrogens is 270 g/mol. The minimum absolute atomic E-state index is 0.0155. The normalized spacial score (nSPS) is 10.1. The molecular formula is C14H15N5O2. The summed E-state index contributed by atoms with van der Waals surface area (Å²) in [5.41, 5.74) is 1.02. The average Bonchev–Trinajstić information content (AvgIpc) is 2.49. The van der Waals surface area contributed by atoms with Gasteiger partial charge in [-0.05, 0) is 6.07 Å². The van der Waals surface area contributed by atoms with Gasteiger partial charge in [0, 0.05) is 25.2 Å². The van der Waals surface area contributed by atoms with Crippen molar-refractivity contribution in [2.24, 2.45) is 0 Å². The van der Waals surface area contributed by atoms with Gasteiger partial charge in [-0.25, -0.2) is 9.97 Å². The second-order valence-corrected chi connectivity index (χ2v) is 4.19. The van der Waals surface area contributed by atoms with Crippen LogP contribution in [0.15, 0.2) is 43.5 Å². The van der Waals surface area contributed by atoms with Crippen LogP contribution in [0.25, 0.3) is 11.0 Å². The van der Waals surface area contributed by atoms with Gasteiger partial charge in [0.15, 0.2) is 11.6 Å². The molecule has 0 amide bonds. The minimum Gasteiger partial charge on any atom is -0.364 e. The molecule has 0 spiro atoms. The summed E-state index contributed by atoms with van der Waals surface area (Å²) in [6.07, 6.45) is 3.40. The van der Waals surface area contributed by atoms with Gasteiger partial charge in [0.1, 0.15) is 0 Å². The predicted molar refractivity (Wildman–Crippen MR) is 83.6 cm³/mol. The van der Waals surface area contributed by atoms with Gasteiger partial charge in [-0.15, -0.1) is 13.2 Å². The molecule has 0 saturated heterocycles. The molecule has 0 saturated carbocycles. The van der Waals surface area contributed by atoms with Crippen molar-refractivity contribution >= 4 is 28.4 Å². The zero-order valence-corrected chi connectivity index (χ0v) is 11.4. The Morgan fingerprint density at radius 3 is 2.19 bits per heavy atom. The van der Waals surface area contributed by atoms with Gasteiger partial charge in [-0.2, -0.15) is 0 Å². The highest BCUT2D eigenvalue weighted by molar-refractivity contribution is 5.82. The van der Waals surface area contributed by atoms with Crippen LogP contribution in [0.2, 0.25) is 0 Å². The topological polar surface area (TPSA) is 93.0 Å². The van der Waals surface area contributed by atoms with Crippen molar-refractivity contribution in [1.82, 2.24) is 9.97 Å². The van der Waals surface area contributed by atoms with Gasteiger partial charge >= 0.3 is 0 Å². The predicted octanol–water partition coefficient (Wildman–Crippen LogP) is 2.73. The molecule has 2 aromatic rings. The molecule has 2 N–H and O–H groups in total. The molecule has 0 unspecified atom stereocenters. The number of rotatable bonds is 7. The summed E-state index contributed by atoms with van der Waals surface area (Å²) in [6.45, 7) is 8.32. The highest BCUT2D eigenvalue weighted by atomic mass is 16.6. The van der Waals surface area contributed by atoms with E-state index in [4.69, 9.17) is 0 Å². The van der Waals surface area contributed by atoms with Gasteiger partial charge in [-0.3, -0.25) is 10.1 Å². The Balaban J connectivity index is 2.49. The summed E-state index contributed by atoms with van der Waals surface area (Å²) in [6, 6.07) is 4.39.